The van der Waals surface area contributed by atoms with Gasteiger partial charge >= 0.3 is 0 Å². The summed E-state index contributed by atoms with van der Waals surface area (Å²) in [4.78, 5) is 10.9. The molecule has 2 nitrogen and oxygen atoms in total. The molecule has 0 spiro atoms. The molecule has 2 N–H and O–H groups in total. The highest BCUT2D eigenvalue weighted by molar-refractivity contribution is 6.42. The van der Waals surface area contributed by atoms with Crippen LogP contribution in [0.25, 0.3) is 0 Å². The van der Waals surface area contributed by atoms with Gasteiger partial charge in [-0.2, -0.15) is 0 Å². The Balaban J connectivity index is 2.78. The van der Waals surface area contributed by atoms with Crippen molar-refractivity contribution in [3.8, 4) is 0 Å². The third-order valence-corrected chi connectivity index (χ3v) is 2.70. The number of hydrogen-bond acceptors (Lipinski definition) is 2. The molecule has 1 atom stereocenters. The highest BCUT2D eigenvalue weighted by Crippen LogP contribution is 2.22. The van der Waals surface area contributed by atoms with Crippen LogP contribution >= 0.6 is 23.2 Å². The van der Waals surface area contributed by atoms with Crippen LogP contribution < -0.4 is 5.73 Å². The van der Waals surface area contributed by atoms with Gasteiger partial charge in [0.15, 0.2) is 0 Å². The molecule has 0 aliphatic carbocycles. The second kappa shape index (κ2) is 4.78. The van der Waals surface area contributed by atoms with Crippen molar-refractivity contribution >= 4 is 29.0 Å². The Bertz CT molecular complexity index is 352. The first-order valence-corrected chi connectivity index (χ1v) is 4.96. The Labute approximate surface area is 93.0 Å². The summed E-state index contributed by atoms with van der Waals surface area (Å²) in [6.07, 6.45) is 0.492. The molecule has 0 heterocycles. The van der Waals surface area contributed by atoms with Crippen molar-refractivity contribution in [1.29, 1.82) is 0 Å². The van der Waals surface area contributed by atoms with Crippen LogP contribution in [0.3, 0.4) is 0 Å². The van der Waals surface area contributed by atoms with Crippen molar-refractivity contribution < 1.29 is 4.79 Å². The van der Waals surface area contributed by atoms with Gasteiger partial charge in [-0.15, -0.1) is 0 Å². The molecule has 4 heteroatoms. The highest BCUT2D eigenvalue weighted by atomic mass is 35.5. The van der Waals surface area contributed by atoms with Crippen molar-refractivity contribution in [1.82, 2.24) is 0 Å². The van der Waals surface area contributed by atoms with Crippen molar-refractivity contribution in [3.05, 3.63) is 33.8 Å². The van der Waals surface area contributed by atoms with Crippen molar-refractivity contribution in [3.63, 3.8) is 0 Å². The molecule has 0 fully saturated rings. The van der Waals surface area contributed by atoms with Gasteiger partial charge < -0.3 is 5.73 Å². The van der Waals surface area contributed by atoms with Gasteiger partial charge in [-0.25, -0.2) is 0 Å². The summed E-state index contributed by atoms with van der Waals surface area (Å²) in [5.74, 6) is -0.0314. The molecule has 0 saturated heterocycles. The standard InChI is InChI=1S/C10H11Cl2NO/c1-6(14)10(13)5-7-2-3-8(11)9(12)4-7/h2-4,10H,5,13H2,1H3/t10-/m0/s1. The zero-order valence-electron chi connectivity index (χ0n) is 7.76. The van der Waals surface area contributed by atoms with E-state index in [9.17, 15) is 4.79 Å². The highest BCUT2D eigenvalue weighted by Gasteiger charge is 2.09. The summed E-state index contributed by atoms with van der Waals surface area (Å²) in [6, 6.07) is 4.78. The molecule has 0 aliphatic heterocycles. The molecule has 14 heavy (non-hydrogen) atoms. The first kappa shape index (κ1) is 11.5. The Morgan fingerprint density at radius 2 is 2.07 bits per heavy atom. The predicted octanol–water partition coefficient (Wildman–Crippen LogP) is 2.45. The Morgan fingerprint density at radius 1 is 1.43 bits per heavy atom. The first-order valence-electron chi connectivity index (χ1n) is 4.20. The van der Waals surface area contributed by atoms with Gasteiger partial charge in [0, 0.05) is 0 Å². The molecule has 0 amide bonds. The van der Waals surface area contributed by atoms with E-state index in [4.69, 9.17) is 28.9 Å². The van der Waals surface area contributed by atoms with Crippen LogP contribution in [-0.2, 0) is 11.2 Å². The Morgan fingerprint density at radius 3 is 2.57 bits per heavy atom. The smallest absolute Gasteiger partial charge is 0.146 e. The number of ketones is 1. The molecule has 0 aliphatic rings. The number of carbonyl (C=O) groups is 1. The van der Waals surface area contributed by atoms with Crippen molar-refractivity contribution in [2.45, 2.75) is 19.4 Å². The van der Waals surface area contributed by atoms with E-state index in [0.717, 1.165) is 5.56 Å². The molecule has 0 saturated carbocycles. The Kier molecular flexibility index (Phi) is 3.93. The SMILES string of the molecule is CC(=O)[C@@H](N)Cc1ccc(Cl)c(Cl)c1. The lowest BCUT2D eigenvalue weighted by Crippen LogP contribution is -2.30. The minimum atomic E-state index is -0.466. The molecule has 1 aromatic carbocycles. The summed E-state index contributed by atoms with van der Waals surface area (Å²) in [7, 11) is 0. The lowest BCUT2D eigenvalue weighted by atomic mass is 10.0. The minimum absolute atomic E-state index is 0.0314. The summed E-state index contributed by atoms with van der Waals surface area (Å²) in [6.45, 7) is 1.47. The molecular weight excluding hydrogens is 221 g/mol. The maximum atomic E-state index is 10.9. The molecule has 1 rings (SSSR count). The number of Topliss-reactive ketones (excluding diaryl/α,β-unsaturated/α-hetero) is 1. The molecule has 76 valence electrons. The monoisotopic (exact) mass is 231 g/mol. The quantitative estimate of drug-likeness (QED) is 0.869. The average molecular weight is 232 g/mol. The van der Waals surface area contributed by atoms with Crippen LogP contribution in [0.1, 0.15) is 12.5 Å². The topological polar surface area (TPSA) is 43.1 Å². The number of hydrogen-bond donors (Lipinski definition) is 1. The van der Waals surface area contributed by atoms with Crippen LogP contribution in [-0.4, -0.2) is 11.8 Å². The maximum Gasteiger partial charge on any atom is 0.146 e. The Hall–Kier alpha value is -0.570. The fraction of sp³-hybridized carbons (Fsp3) is 0.300. The van der Waals surface area contributed by atoms with E-state index in [-0.39, 0.29) is 5.78 Å². The predicted molar refractivity (Wildman–Crippen MR) is 58.8 cm³/mol. The normalized spacial score (nSPS) is 12.6. The molecular formula is C10H11Cl2NO. The lowest BCUT2D eigenvalue weighted by molar-refractivity contribution is -0.118. The number of halogens is 2. The number of benzene rings is 1. The summed E-state index contributed by atoms with van der Waals surface area (Å²) >= 11 is 11.6. The third kappa shape index (κ3) is 2.98. The van der Waals surface area contributed by atoms with Gasteiger partial charge in [-0.3, -0.25) is 4.79 Å². The fourth-order valence-electron chi connectivity index (χ4n) is 1.06. The van der Waals surface area contributed by atoms with E-state index < -0.39 is 6.04 Å². The van der Waals surface area contributed by atoms with Crippen molar-refractivity contribution in [2.24, 2.45) is 5.73 Å². The van der Waals surface area contributed by atoms with Gasteiger partial charge in [0.2, 0.25) is 0 Å². The molecule has 0 aromatic heterocycles. The summed E-state index contributed by atoms with van der Waals surface area (Å²) in [5, 5.41) is 0.992. The summed E-state index contributed by atoms with van der Waals surface area (Å²) < 4.78 is 0. The molecule has 0 unspecified atom stereocenters. The van der Waals surface area contributed by atoms with Crippen LogP contribution in [0.15, 0.2) is 18.2 Å². The fourth-order valence-corrected chi connectivity index (χ4v) is 1.38. The third-order valence-electron chi connectivity index (χ3n) is 1.96. The van der Waals surface area contributed by atoms with Crippen LogP contribution in [0.2, 0.25) is 10.0 Å². The average Bonchev–Trinajstić information content (AvgIpc) is 2.11. The molecule has 1 aromatic rings. The van der Waals surface area contributed by atoms with Gasteiger partial charge in [-0.05, 0) is 31.0 Å². The molecule has 0 bridgehead atoms. The van der Waals surface area contributed by atoms with Gasteiger partial charge in [0.1, 0.15) is 5.78 Å². The van der Waals surface area contributed by atoms with E-state index in [1.54, 1.807) is 12.1 Å². The van der Waals surface area contributed by atoms with Gasteiger partial charge in [-0.1, -0.05) is 29.3 Å². The van der Waals surface area contributed by atoms with Crippen LogP contribution in [0.4, 0.5) is 0 Å². The number of carbonyl (C=O) groups excluding carboxylic acids is 1. The van der Waals surface area contributed by atoms with E-state index in [0.29, 0.717) is 16.5 Å². The first-order chi connectivity index (χ1) is 6.50. The zero-order chi connectivity index (χ0) is 10.7. The van der Waals surface area contributed by atoms with Gasteiger partial charge in [0.05, 0.1) is 16.1 Å². The van der Waals surface area contributed by atoms with Crippen LogP contribution in [0, 0.1) is 0 Å². The number of nitrogens with two attached hydrogens (primary N) is 1. The summed E-state index contributed by atoms with van der Waals surface area (Å²) in [5.41, 5.74) is 6.53. The van der Waals surface area contributed by atoms with E-state index in [1.807, 2.05) is 6.07 Å². The van der Waals surface area contributed by atoms with Gasteiger partial charge in [0.25, 0.3) is 0 Å². The second-order valence-corrected chi connectivity index (χ2v) is 3.98. The zero-order valence-corrected chi connectivity index (χ0v) is 9.27. The maximum absolute atomic E-state index is 10.9. The molecule has 0 radical (unpaired) electrons. The largest absolute Gasteiger partial charge is 0.321 e. The second-order valence-electron chi connectivity index (χ2n) is 3.17. The van der Waals surface area contributed by atoms with Crippen LogP contribution in [0.5, 0.6) is 0 Å². The lowest BCUT2D eigenvalue weighted by Gasteiger charge is -2.08. The minimum Gasteiger partial charge on any atom is -0.321 e. The van der Waals surface area contributed by atoms with Crippen molar-refractivity contribution in [2.75, 3.05) is 0 Å². The van der Waals surface area contributed by atoms with E-state index in [2.05, 4.69) is 0 Å². The van der Waals surface area contributed by atoms with E-state index >= 15 is 0 Å². The number of rotatable bonds is 3. The van der Waals surface area contributed by atoms with E-state index in [1.165, 1.54) is 6.92 Å².